The second-order valence-corrected chi connectivity index (χ2v) is 4.30. The molecule has 0 spiro atoms. The topological polar surface area (TPSA) is 62.1 Å². The van der Waals surface area contributed by atoms with Gasteiger partial charge in [-0.1, -0.05) is 30.6 Å². The van der Waals surface area contributed by atoms with E-state index in [2.05, 4.69) is 34.5 Å². The van der Waals surface area contributed by atoms with Crippen molar-refractivity contribution in [3.63, 3.8) is 0 Å². The number of benzene rings is 1. The number of carbonyl (C=O) groups is 1. The fourth-order valence-corrected chi connectivity index (χ4v) is 1.56. The zero-order valence-corrected chi connectivity index (χ0v) is 12.1. The fraction of sp³-hybridized carbons (Fsp3) is 0.294. The first-order valence-corrected chi connectivity index (χ1v) is 6.63. The minimum absolute atomic E-state index is 0.0827. The van der Waals surface area contributed by atoms with E-state index in [1.807, 2.05) is 24.3 Å². The number of rotatable bonds is 6. The van der Waals surface area contributed by atoms with E-state index in [9.17, 15) is 4.79 Å². The molecule has 0 unspecified atom stereocenters. The van der Waals surface area contributed by atoms with Crippen LogP contribution in [0, 0.1) is 23.2 Å². The summed E-state index contributed by atoms with van der Waals surface area (Å²) in [6, 6.07) is 9.70. The molecule has 0 aliphatic heterocycles. The second-order valence-electron chi connectivity index (χ2n) is 4.30. The molecule has 4 nitrogen and oxygen atoms in total. The molecule has 0 amide bonds. The van der Waals surface area contributed by atoms with Crippen LogP contribution in [-0.4, -0.2) is 19.6 Å². The Bertz CT molecular complexity index is 603. The molecule has 4 heteroatoms. The second kappa shape index (κ2) is 9.23. The van der Waals surface area contributed by atoms with Gasteiger partial charge in [-0.2, -0.15) is 5.26 Å². The average molecular weight is 282 g/mol. The highest BCUT2D eigenvalue weighted by molar-refractivity contribution is 5.74. The van der Waals surface area contributed by atoms with Crippen molar-refractivity contribution in [1.82, 2.24) is 5.32 Å². The van der Waals surface area contributed by atoms with Gasteiger partial charge in [0.2, 0.25) is 0 Å². The van der Waals surface area contributed by atoms with Crippen molar-refractivity contribution in [3.05, 3.63) is 42.0 Å². The zero-order chi connectivity index (χ0) is 15.5. The van der Waals surface area contributed by atoms with Gasteiger partial charge < -0.3 is 10.1 Å². The van der Waals surface area contributed by atoms with Crippen LogP contribution in [0.25, 0.3) is 5.70 Å². The number of hydrogen-bond donors (Lipinski definition) is 1. The molecule has 0 aliphatic rings. The summed E-state index contributed by atoms with van der Waals surface area (Å²) in [6.07, 6.45) is 2.03. The molecule has 0 aromatic heterocycles. The van der Waals surface area contributed by atoms with E-state index < -0.39 is 0 Å². The Balaban J connectivity index is 2.61. The van der Waals surface area contributed by atoms with Crippen molar-refractivity contribution < 1.29 is 9.53 Å². The van der Waals surface area contributed by atoms with Crippen LogP contribution in [0.3, 0.4) is 0 Å². The molecule has 0 heterocycles. The number of ether oxygens (including phenoxy) is 1. The van der Waals surface area contributed by atoms with Gasteiger partial charge in [0.1, 0.15) is 6.54 Å². The molecule has 0 fully saturated rings. The lowest BCUT2D eigenvalue weighted by atomic mass is 10.1. The average Bonchev–Trinajstić information content (AvgIpc) is 2.52. The lowest BCUT2D eigenvalue weighted by molar-refractivity contribution is -0.139. The zero-order valence-electron chi connectivity index (χ0n) is 12.1. The highest BCUT2D eigenvalue weighted by atomic mass is 16.5. The summed E-state index contributed by atoms with van der Waals surface area (Å²) < 4.78 is 4.56. The van der Waals surface area contributed by atoms with Gasteiger partial charge in [0.15, 0.2) is 0 Å². The number of carbonyl (C=O) groups excluding carboxylic acids is 1. The lowest BCUT2D eigenvalue weighted by Gasteiger charge is -2.08. The van der Waals surface area contributed by atoms with E-state index in [0.29, 0.717) is 18.5 Å². The normalized spacial score (nSPS) is 8.95. The molecule has 0 atom stereocenters. The standard InChI is InChI=1S/C17H18N2O2/c1-14(19-13-17(20)21-2)16-10-7-9-15(12-16)8-5-3-4-6-11-18/h7,9-10,12,19H,1,3-4,6,13H2,2H3. The van der Waals surface area contributed by atoms with Crippen LogP contribution >= 0.6 is 0 Å². The third-order valence-electron chi connectivity index (χ3n) is 2.71. The Hall–Kier alpha value is -2.72. The maximum absolute atomic E-state index is 11.1. The summed E-state index contributed by atoms with van der Waals surface area (Å²) in [5, 5.41) is 11.3. The molecule has 108 valence electrons. The Morgan fingerprint density at radius 1 is 1.43 bits per heavy atom. The molecule has 1 rings (SSSR count). The predicted octanol–water partition coefficient (Wildman–Crippen LogP) is 2.47. The third kappa shape index (κ3) is 6.31. The van der Waals surface area contributed by atoms with Crippen LogP contribution in [0.5, 0.6) is 0 Å². The van der Waals surface area contributed by atoms with Crippen LogP contribution in [-0.2, 0) is 9.53 Å². The van der Waals surface area contributed by atoms with Crippen LogP contribution in [0.2, 0.25) is 0 Å². The monoisotopic (exact) mass is 282 g/mol. The van der Waals surface area contributed by atoms with Crippen molar-refractivity contribution in [2.75, 3.05) is 13.7 Å². The van der Waals surface area contributed by atoms with Gasteiger partial charge in [-0.3, -0.25) is 4.79 Å². The van der Waals surface area contributed by atoms with Gasteiger partial charge in [0, 0.05) is 24.1 Å². The van der Waals surface area contributed by atoms with Gasteiger partial charge in [-0.15, -0.1) is 0 Å². The molecular formula is C17H18N2O2. The molecule has 21 heavy (non-hydrogen) atoms. The molecule has 0 saturated heterocycles. The number of nitrogens with one attached hydrogen (secondary N) is 1. The van der Waals surface area contributed by atoms with E-state index in [1.54, 1.807) is 0 Å². The first kappa shape index (κ1) is 16.3. The van der Waals surface area contributed by atoms with Gasteiger partial charge in [-0.05, 0) is 24.1 Å². The van der Waals surface area contributed by atoms with Crippen LogP contribution in [0.1, 0.15) is 30.4 Å². The SMILES string of the molecule is C=C(NCC(=O)OC)c1cccc(C#CCCCC#N)c1. The van der Waals surface area contributed by atoms with Crippen molar-refractivity contribution >= 4 is 11.7 Å². The number of unbranched alkanes of at least 4 members (excludes halogenated alkanes) is 2. The fourth-order valence-electron chi connectivity index (χ4n) is 1.56. The van der Waals surface area contributed by atoms with Crippen molar-refractivity contribution in [2.24, 2.45) is 0 Å². The molecule has 0 aliphatic carbocycles. The molecule has 0 bridgehead atoms. The molecule has 1 aromatic rings. The van der Waals surface area contributed by atoms with E-state index in [4.69, 9.17) is 5.26 Å². The number of esters is 1. The van der Waals surface area contributed by atoms with Gasteiger partial charge in [0.05, 0.1) is 13.2 Å². The number of nitriles is 1. The first-order chi connectivity index (χ1) is 10.2. The maximum Gasteiger partial charge on any atom is 0.325 e. The van der Waals surface area contributed by atoms with Gasteiger partial charge in [-0.25, -0.2) is 0 Å². The van der Waals surface area contributed by atoms with Crippen LogP contribution < -0.4 is 5.32 Å². The summed E-state index contributed by atoms with van der Waals surface area (Å²) in [7, 11) is 1.34. The number of methoxy groups -OCH3 is 1. The predicted molar refractivity (Wildman–Crippen MR) is 81.8 cm³/mol. The summed E-state index contributed by atoms with van der Waals surface area (Å²) in [5.74, 6) is 5.75. The van der Waals surface area contributed by atoms with E-state index in [0.717, 1.165) is 17.5 Å². The Morgan fingerprint density at radius 2 is 2.24 bits per heavy atom. The molecule has 0 radical (unpaired) electrons. The quantitative estimate of drug-likeness (QED) is 0.494. The molecular weight excluding hydrogens is 264 g/mol. The van der Waals surface area contributed by atoms with Crippen molar-refractivity contribution in [3.8, 4) is 17.9 Å². The highest BCUT2D eigenvalue weighted by Crippen LogP contribution is 2.11. The number of nitrogens with zero attached hydrogens (tertiary/aromatic N) is 1. The van der Waals surface area contributed by atoms with E-state index in [1.165, 1.54) is 7.11 Å². The summed E-state index contributed by atoms with van der Waals surface area (Å²) in [4.78, 5) is 11.1. The Labute approximate surface area is 125 Å². The maximum atomic E-state index is 11.1. The van der Waals surface area contributed by atoms with Crippen LogP contribution in [0.4, 0.5) is 0 Å². The van der Waals surface area contributed by atoms with Crippen molar-refractivity contribution in [2.45, 2.75) is 19.3 Å². The lowest BCUT2D eigenvalue weighted by Crippen LogP contribution is -2.22. The number of hydrogen-bond acceptors (Lipinski definition) is 4. The molecule has 1 aromatic carbocycles. The van der Waals surface area contributed by atoms with Crippen molar-refractivity contribution in [1.29, 1.82) is 5.26 Å². The van der Waals surface area contributed by atoms with Crippen LogP contribution in [0.15, 0.2) is 30.8 Å². The van der Waals surface area contributed by atoms with E-state index >= 15 is 0 Å². The summed E-state index contributed by atoms with van der Waals surface area (Å²) in [5.41, 5.74) is 2.40. The summed E-state index contributed by atoms with van der Waals surface area (Å²) >= 11 is 0. The smallest absolute Gasteiger partial charge is 0.325 e. The highest BCUT2D eigenvalue weighted by Gasteiger charge is 2.03. The van der Waals surface area contributed by atoms with E-state index in [-0.39, 0.29) is 12.5 Å². The van der Waals surface area contributed by atoms with Gasteiger partial charge >= 0.3 is 5.97 Å². The third-order valence-corrected chi connectivity index (χ3v) is 2.71. The largest absolute Gasteiger partial charge is 0.468 e. The molecule has 1 N–H and O–H groups in total. The minimum Gasteiger partial charge on any atom is -0.468 e. The molecule has 0 saturated carbocycles. The first-order valence-electron chi connectivity index (χ1n) is 6.63. The Kier molecular flexibility index (Phi) is 7.18. The van der Waals surface area contributed by atoms with Gasteiger partial charge in [0.25, 0.3) is 0 Å². The summed E-state index contributed by atoms with van der Waals surface area (Å²) in [6.45, 7) is 3.97. The minimum atomic E-state index is -0.343. The Morgan fingerprint density at radius 3 is 2.95 bits per heavy atom.